The molecular weight excluding hydrogens is 230 g/mol. The van der Waals surface area contributed by atoms with Gasteiger partial charge < -0.3 is 10.4 Å². The molecule has 0 bridgehead atoms. The van der Waals surface area contributed by atoms with Crippen molar-refractivity contribution < 1.29 is 5.11 Å². The van der Waals surface area contributed by atoms with E-state index in [1.165, 1.54) is 30.8 Å². The fraction of sp³-hybridized carbons (Fsp3) is 1.00. The summed E-state index contributed by atoms with van der Waals surface area (Å²) in [4.78, 5) is 0. The van der Waals surface area contributed by atoms with Gasteiger partial charge in [0.15, 0.2) is 0 Å². The molecular formula is C14H31NOS. The number of hydrogen-bond donors (Lipinski definition) is 2. The third kappa shape index (κ3) is 9.93. The summed E-state index contributed by atoms with van der Waals surface area (Å²) in [7, 11) is 0. The summed E-state index contributed by atoms with van der Waals surface area (Å²) in [5.74, 6) is 3.39. The molecule has 0 heterocycles. The van der Waals surface area contributed by atoms with E-state index >= 15 is 0 Å². The second kappa shape index (κ2) is 10.2. The Balaban J connectivity index is 3.43. The van der Waals surface area contributed by atoms with Gasteiger partial charge in [-0.05, 0) is 50.2 Å². The summed E-state index contributed by atoms with van der Waals surface area (Å²) in [6.45, 7) is 9.94. The summed E-state index contributed by atoms with van der Waals surface area (Å²) < 4.78 is 0. The molecule has 0 spiro atoms. The van der Waals surface area contributed by atoms with Crippen LogP contribution >= 0.6 is 11.8 Å². The Bertz CT molecular complexity index is 176. The third-order valence-corrected chi connectivity index (χ3v) is 4.16. The van der Waals surface area contributed by atoms with Crippen LogP contribution in [0.1, 0.15) is 53.4 Å². The zero-order valence-corrected chi connectivity index (χ0v) is 12.9. The van der Waals surface area contributed by atoms with E-state index in [2.05, 4.69) is 44.8 Å². The van der Waals surface area contributed by atoms with Gasteiger partial charge in [-0.2, -0.15) is 11.8 Å². The first-order chi connectivity index (χ1) is 8.04. The number of aliphatic hydroxyl groups is 1. The maximum absolute atomic E-state index is 9.35. The number of thioether (sulfide) groups is 1. The Morgan fingerprint density at radius 3 is 2.47 bits per heavy atom. The minimum absolute atomic E-state index is 0.0721. The normalized spacial score (nSPS) is 15.2. The molecule has 0 rings (SSSR count). The highest BCUT2D eigenvalue weighted by molar-refractivity contribution is 7.99. The van der Waals surface area contributed by atoms with Crippen LogP contribution in [0.5, 0.6) is 0 Å². The smallest absolute Gasteiger partial charge is 0.0610 e. The summed E-state index contributed by atoms with van der Waals surface area (Å²) in [5, 5.41) is 12.7. The molecule has 2 N–H and O–H groups in total. The zero-order valence-electron chi connectivity index (χ0n) is 12.1. The Hall–Kier alpha value is 0.270. The first-order valence-electron chi connectivity index (χ1n) is 6.97. The highest BCUT2D eigenvalue weighted by atomic mass is 32.2. The quantitative estimate of drug-likeness (QED) is 0.560. The Kier molecular flexibility index (Phi) is 10.4. The molecule has 0 saturated heterocycles. The lowest BCUT2D eigenvalue weighted by molar-refractivity contribution is 0.165. The predicted molar refractivity (Wildman–Crippen MR) is 79.8 cm³/mol. The predicted octanol–water partition coefficient (Wildman–Crippen LogP) is 3.30. The number of rotatable bonds is 11. The second-order valence-corrected chi connectivity index (χ2v) is 6.73. The lowest BCUT2D eigenvalue weighted by Gasteiger charge is -2.28. The Morgan fingerprint density at radius 1 is 1.24 bits per heavy atom. The van der Waals surface area contributed by atoms with Crippen molar-refractivity contribution in [2.45, 2.75) is 58.9 Å². The summed E-state index contributed by atoms with van der Waals surface area (Å²) >= 11 is 2.07. The van der Waals surface area contributed by atoms with Gasteiger partial charge in [0.05, 0.1) is 6.61 Å². The Labute approximate surface area is 112 Å². The fourth-order valence-electron chi connectivity index (χ4n) is 1.79. The molecule has 2 nitrogen and oxygen atoms in total. The molecule has 0 saturated carbocycles. The van der Waals surface area contributed by atoms with E-state index in [4.69, 9.17) is 0 Å². The SMILES string of the molecule is CCNC(C)(CO)CCCCSCCC(C)C. The van der Waals surface area contributed by atoms with Gasteiger partial charge in [0.25, 0.3) is 0 Å². The van der Waals surface area contributed by atoms with Gasteiger partial charge in [0, 0.05) is 5.54 Å². The van der Waals surface area contributed by atoms with Crippen molar-refractivity contribution in [1.29, 1.82) is 0 Å². The summed E-state index contributed by atoms with van der Waals surface area (Å²) in [6.07, 6.45) is 4.88. The average molecular weight is 261 g/mol. The fourth-order valence-corrected chi connectivity index (χ4v) is 3.04. The maximum atomic E-state index is 9.35. The van der Waals surface area contributed by atoms with Gasteiger partial charge >= 0.3 is 0 Å². The summed E-state index contributed by atoms with van der Waals surface area (Å²) in [5.41, 5.74) is -0.0721. The monoisotopic (exact) mass is 261 g/mol. The van der Waals surface area contributed by atoms with E-state index in [0.717, 1.165) is 18.9 Å². The number of hydrogen-bond acceptors (Lipinski definition) is 3. The molecule has 0 aromatic rings. The molecule has 0 fully saturated rings. The molecule has 1 unspecified atom stereocenters. The maximum Gasteiger partial charge on any atom is 0.0610 e. The standard InChI is InChI=1S/C14H31NOS/c1-5-15-14(4,12-16)9-6-7-10-17-11-8-13(2)3/h13,15-16H,5-12H2,1-4H3. The van der Waals surface area contributed by atoms with Gasteiger partial charge in [-0.3, -0.25) is 0 Å². The molecule has 3 heteroatoms. The van der Waals surface area contributed by atoms with Gasteiger partial charge in [0.1, 0.15) is 0 Å². The number of unbranched alkanes of at least 4 members (excludes halogenated alkanes) is 1. The zero-order chi connectivity index (χ0) is 13.1. The first-order valence-corrected chi connectivity index (χ1v) is 8.13. The van der Waals surface area contributed by atoms with Gasteiger partial charge in [0.2, 0.25) is 0 Å². The molecule has 0 radical (unpaired) electrons. The molecule has 0 aliphatic carbocycles. The van der Waals surface area contributed by atoms with Crippen molar-refractivity contribution >= 4 is 11.8 Å². The minimum Gasteiger partial charge on any atom is -0.394 e. The van der Waals surface area contributed by atoms with Gasteiger partial charge in [-0.15, -0.1) is 0 Å². The highest BCUT2D eigenvalue weighted by Crippen LogP contribution is 2.16. The molecule has 0 aliphatic heterocycles. The third-order valence-electron chi connectivity index (χ3n) is 3.06. The van der Waals surface area contributed by atoms with Crippen LogP contribution in [0.25, 0.3) is 0 Å². The molecule has 0 aromatic heterocycles. The van der Waals surface area contributed by atoms with E-state index in [0.29, 0.717) is 0 Å². The van der Waals surface area contributed by atoms with Gasteiger partial charge in [-0.25, -0.2) is 0 Å². The lowest BCUT2D eigenvalue weighted by Crippen LogP contribution is -2.45. The minimum atomic E-state index is -0.0721. The van der Waals surface area contributed by atoms with Crippen molar-refractivity contribution in [3.63, 3.8) is 0 Å². The topological polar surface area (TPSA) is 32.3 Å². The molecule has 17 heavy (non-hydrogen) atoms. The number of likely N-dealkylation sites (N-methyl/N-ethyl adjacent to an activating group) is 1. The molecule has 0 aliphatic rings. The van der Waals surface area contributed by atoms with Crippen LogP contribution in [0.3, 0.4) is 0 Å². The molecule has 1 atom stereocenters. The van der Waals surface area contributed by atoms with Gasteiger partial charge in [-0.1, -0.05) is 27.2 Å². The van der Waals surface area contributed by atoms with E-state index in [9.17, 15) is 5.11 Å². The van der Waals surface area contributed by atoms with E-state index in [1.54, 1.807) is 0 Å². The van der Waals surface area contributed by atoms with Crippen molar-refractivity contribution in [3.8, 4) is 0 Å². The second-order valence-electron chi connectivity index (χ2n) is 5.50. The lowest BCUT2D eigenvalue weighted by atomic mass is 9.96. The molecule has 0 amide bonds. The first kappa shape index (κ1) is 17.3. The van der Waals surface area contributed by atoms with Crippen LogP contribution < -0.4 is 5.32 Å². The van der Waals surface area contributed by atoms with Crippen LogP contribution in [-0.2, 0) is 0 Å². The van der Waals surface area contributed by atoms with Crippen molar-refractivity contribution in [2.75, 3.05) is 24.7 Å². The van der Waals surface area contributed by atoms with Crippen molar-refractivity contribution in [3.05, 3.63) is 0 Å². The van der Waals surface area contributed by atoms with Crippen molar-refractivity contribution in [2.24, 2.45) is 5.92 Å². The van der Waals surface area contributed by atoms with E-state index in [-0.39, 0.29) is 12.1 Å². The average Bonchev–Trinajstić information content (AvgIpc) is 2.28. The summed E-state index contributed by atoms with van der Waals surface area (Å²) in [6, 6.07) is 0. The largest absolute Gasteiger partial charge is 0.394 e. The number of nitrogens with one attached hydrogen (secondary N) is 1. The van der Waals surface area contributed by atoms with Crippen LogP contribution in [-0.4, -0.2) is 35.3 Å². The number of aliphatic hydroxyl groups excluding tert-OH is 1. The van der Waals surface area contributed by atoms with E-state index < -0.39 is 0 Å². The van der Waals surface area contributed by atoms with Crippen LogP contribution in [0.15, 0.2) is 0 Å². The van der Waals surface area contributed by atoms with Crippen molar-refractivity contribution in [1.82, 2.24) is 5.32 Å². The van der Waals surface area contributed by atoms with Crippen LogP contribution in [0.2, 0.25) is 0 Å². The molecule has 104 valence electrons. The van der Waals surface area contributed by atoms with Crippen LogP contribution in [0.4, 0.5) is 0 Å². The highest BCUT2D eigenvalue weighted by Gasteiger charge is 2.20. The Morgan fingerprint density at radius 2 is 1.94 bits per heavy atom. The molecule has 0 aromatic carbocycles. The van der Waals surface area contributed by atoms with E-state index in [1.807, 2.05) is 0 Å². The van der Waals surface area contributed by atoms with Crippen LogP contribution in [0, 0.1) is 5.92 Å².